The molecule has 0 amide bonds. The van der Waals surface area contributed by atoms with E-state index in [-0.39, 0.29) is 0 Å². The highest BCUT2D eigenvalue weighted by Gasteiger charge is 2.55. The minimum Gasteiger partial charge on any atom is -0.456 e. The summed E-state index contributed by atoms with van der Waals surface area (Å²) in [6, 6.07) is 62.1. The number of hydrogen-bond donors (Lipinski definition) is 0. The zero-order valence-corrected chi connectivity index (χ0v) is 28.1. The molecule has 2 heteroatoms. The normalized spacial score (nSPS) is 15.4. The molecule has 0 bridgehead atoms. The minimum atomic E-state index is -0.558. The highest BCUT2D eigenvalue weighted by atomic mass is 16.3. The highest BCUT2D eigenvalue weighted by molar-refractivity contribution is 6.24. The Morgan fingerprint density at radius 2 is 1.00 bits per heavy atom. The summed E-state index contributed by atoms with van der Waals surface area (Å²) in [6.45, 7) is 0. The molecule has 1 atom stereocenters. The van der Waals surface area contributed by atoms with Crippen molar-refractivity contribution in [3.05, 3.63) is 198 Å². The molecule has 0 N–H and O–H groups in total. The fraction of sp³-hybridized carbons (Fsp3) is 0.0200. The van der Waals surface area contributed by atoms with E-state index in [1.54, 1.807) is 0 Å². The first kappa shape index (κ1) is 28.0. The van der Waals surface area contributed by atoms with Crippen molar-refractivity contribution in [3.63, 3.8) is 0 Å². The summed E-state index contributed by atoms with van der Waals surface area (Å²) >= 11 is 0. The molecule has 2 nitrogen and oxygen atoms in total. The SMILES string of the molecule is c1ccc(-c2cc3c4ccccc4c(-c4ccc5c(c4)C4(c6ccccc6-c6oc7ccccc7c64)c4cccnc4-5)cc3c3ccccc23)cc1. The van der Waals surface area contributed by atoms with Gasteiger partial charge in [0.15, 0.2) is 0 Å². The minimum absolute atomic E-state index is 0.558. The molecule has 2 aromatic heterocycles. The Kier molecular flexibility index (Phi) is 5.46. The lowest BCUT2D eigenvalue weighted by atomic mass is 9.70. The van der Waals surface area contributed by atoms with E-state index in [1.807, 2.05) is 6.20 Å². The predicted octanol–water partition coefficient (Wildman–Crippen LogP) is 13.0. The molecule has 8 aromatic carbocycles. The third kappa shape index (κ3) is 3.46. The zero-order chi connectivity index (χ0) is 34.0. The second kappa shape index (κ2) is 10.2. The van der Waals surface area contributed by atoms with Crippen molar-refractivity contribution in [1.82, 2.24) is 4.98 Å². The molecule has 1 unspecified atom stereocenters. The van der Waals surface area contributed by atoms with Crippen LogP contribution in [0, 0.1) is 0 Å². The number of nitrogens with zero attached hydrogens (tertiary/aromatic N) is 1. The van der Waals surface area contributed by atoms with Crippen molar-refractivity contribution >= 4 is 43.3 Å². The molecule has 52 heavy (non-hydrogen) atoms. The number of benzene rings is 8. The number of rotatable bonds is 2. The second-order valence-corrected chi connectivity index (χ2v) is 14.2. The number of fused-ring (bicyclic) bond motifs is 17. The fourth-order valence-electron chi connectivity index (χ4n) is 9.65. The topological polar surface area (TPSA) is 26.0 Å². The van der Waals surface area contributed by atoms with Crippen LogP contribution < -0.4 is 0 Å². The Labute approximate surface area is 300 Å². The van der Waals surface area contributed by atoms with Crippen LogP contribution in [-0.4, -0.2) is 4.98 Å². The van der Waals surface area contributed by atoms with E-state index in [2.05, 4.69) is 170 Å². The van der Waals surface area contributed by atoms with Gasteiger partial charge in [-0.2, -0.15) is 0 Å². The molecule has 0 saturated carbocycles. The molecule has 1 spiro atoms. The number of furan rings is 1. The van der Waals surface area contributed by atoms with Crippen LogP contribution in [0.15, 0.2) is 180 Å². The monoisotopic (exact) mass is 659 g/mol. The van der Waals surface area contributed by atoms with Crippen LogP contribution >= 0.6 is 0 Å². The maximum Gasteiger partial charge on any atom is 0.140 e. The smallest absolute Gasteiger partial charge is 0.140 e. The van der Waals surface area contributed by atoms with Crippen LogP contribution in [-0.2, 0) is 5.41 Å². The van der Waals surface area contributed by atoms with Crippen molar-refractivity contribution in [1.29, 1.82) is 0 Å². The van der Waals surface area contributed by atoms with Gasteiger partial charge in [0.2, 0.25) is 0 Å². The quantitative estimate of drug-likeness (QED) is 0.173. The van der Waals surface area contributed by atoms with Gasteiger partial charge >= 0.3 is 0 Å². The standard InChI is InChI=1S/C50H29NO/c1-2-13-30(14-3-1)39-28-41-35-18-7-5-16-33(35)40(29-42(41)34-17-6-4-15-32(34)39)31-24-25-36-45(27-31)50(44-22-12-26-51-48(36)44)43-21-10-8-19-37(43)49-47(50)38-20-9-11-23-46(38)52-49/h1-29H. The molecule has 0 radical (unpaired) electrons. The van der Waals surface area contributed by atoms with Gasteiger partial charge < -0.3 is 4.42 Å². The maximum absolute atomic E-state index is 6.74. The van der Waals surface area contributed by atoms with Crippen molar-refractivity contribution in [2.45, 2.75) is 5.41 Å². The Morgan fingerprint density at radius 1 is 0.385 bits per heavy atom. The molecule has 2 aliphatic rings. The molecule has 0 aliphatic heterocycles. The summed E-state index contributed by atoms with van der Waals surface area (Å²) in [5.74, 6) is 0.960. The first-order valence-electron chi connectivity index (χ1n) is 18.0. The van der Waals surface area contributed by atoms with E-state index in [4.69, 9.17) is 9.40 Å². The van der Waals surface area contributed by atoms with Crippen LogP contribution in [0.1, 0.15) is 22.3 Å². The Morgan fingerprint density at radius 3 is 1.77 bits per heavy atom. The fourth-order valence-corrected chi connectivity index (χ4v) is 9.65. The summed E-state index contributed by atoms with van der Waals surface area (Å²) < 4.78 is 6.74. The number of para-hydroxylation sites is 1. The third-order valence-electron chi connectivity index (χ3n) is 11.7. The van der Waals surface area contributed by atoms with E-state index in [1.165, 1.54) is 82.4 Å². The molecule has 10 aromatic rings. The van der Waals surface area contributed by atoms with Crippen molar-refractivity contribution < 1.29 is 4.42 Å². The largest absolute Gasteiger partial charge is 0.456 e. The Hall–Kier alpha value is -6.77. The molecular formula is C50H29NO. The van der Waals surface area contributed by atoms with E-state index >= 15 is 0 Å². The van der Waals surface area contributed by atoms with Gasteiger partial charge in [-0.3, -0.25) is 4.98 Å². The first-order valence-corrected chi connectivity index (χ1v) is 18.0. The van der Waals surface area contributed by atoms with Crippen LogP contribution in [0.25, 0.3) is 88.1 Å². The highest BCUT2D eigenvalue weighted by Crippen LogP contribution is 2.64. The molecular weight excluding hydrogens is 631 g/mol. The van der Waals surface area contributed by atoms with Crippen LogP contribution in [0.5, 0.6) is 0 Å². The molecule has 12 rings (SSSR count). The van der Waals surface area contributed by atoms with Crippen LogP contribution in [0.2, 0.25) is 0 Å². The zero-order valence-electron chi connectivity index (χ0n) is 28.1. The third-order valence-corrected chi connectivity index (χ3v) is 11.7. The van der Waals surface area contributed by atoms with E-state index in [9.17, 15) is 0 Å². The lowest BCUT2D eigenvalue weighted by Gasteiger charge is -2.30. The maximum atomic E-state index is 6.74. The van der Waals surface area contributed by atoms with Gasteiger partial charge in [0.25, 0.3) is 0 Å². The summed E-state index contributed by atoms with van der Waals surface area (Å²) in [5, 5.41) is 8.71. The van der Waals surface area contributed by atoms with Gasteiger partial charge in [-0.25, -0.2) is 0 Å². The van der Waals surface area contributed by atoms with Gasteiger partial charge in [-0.1, -0.05) is 140 Å². The number of aromatic nitrogens is 1. The summed E-state index contributed by atoms with van der Waals surface area (Å²) in [4.78, 5) is 5.06. The Bertz CT molecular complexity index is 3130. The van der Waals surface area contributed by atoms with E-state index < -0.39 is 5.41 Å². The second-order valence-electron chi connectivity index (χ2n) is 14.2. The lowest BCUT2D eigenvalue weighted by molar-refractivity contribution is 0.628. The van der Waals surface area contributed by atoms with E-state index in [0.29, 0.717) is 0 Å². The van der Waals surface area contributed by atoms with Gasteiger partial charge in [-0.05, 0) is 102 Å². The van der Waals surface area contributed by atoms with Crippen molar-refractivity contribution in [2.24, 2.45) is 0 Å². The predicted molar refractivity (Wildman–Crippen MR) is 214 cm³/mol. The van der Waals surface area contributed by atoms with Gasteiger partial charge in [0, 0.05) is 28.3 Å². The summed E-state index contributed by atoms with van der Waals surface area (Å²) in [5.41, 5.74) is 13.6. The van der Waals surface area contributed by atoms with Crippen LogP contribution in [0.3, 0.4) is 0 Å². The molecule has 0 fully saturated rings. The van der Waals surface area contributed by atoms with Crippen LogP contribution in [0.4, 0.5) is 0 Å². The van der Waals surface area contributed by atoms with E-state index in [0.717, 1.165) is 28.0 Å². The van der Waals surface area contributed by atoms with Crippen molar-refractivity contribution in [3.8, 4) is 44.8 Å². The first-order chi connectivity index (χ1) is 25.8. The number of pyridine rings is 1. The summed E-state index contributed by atoms with van der Waals surface area (Å²) in [6.07, 6.45) is 1.93. The van der Waals surface area contributed by atoms with Gasteiger partial charge in [0.05, 0.1) is 11.1 Å². The average Bonchev–Trinajstić information content (AvgIpc) is 3.84. The van der Waals surface area contributed by atoms with Gasteiger partial charge in [0.1, 0.15) is 11.3 Å². The molecule has 2 heterocycles. The van der Waals surface area contributed by atoms with Crippen molar-refractivity contribution in [2.75, 3.05) is 0 Å². The number of hydrogen-bond acceptors (Lipinski definition) is 2. The average molecular weight is 660 g/mol. The lowest BCUT2D eigenvalue weighted by Crippen LogP contribution is -2.26. The molecule has 240 valence electrons. The van der Waals surface area contributed by atoms with Gasteiger partial charge in [-0.15, -0.1) is 0 Å². The molecule has 2 aliphatic carbocycles. The molecule has 0 saturated heterocycles. The summed E-state index contributed by atoms with van der Waals surface area (Å²) in [7, 11) is 0. The Balaban J connectivity index is 1.19.